The van der Waals surface area contributed by atoms with Crippen molar-refractivity contribution < 1.29 is 0 Å². The number of piperazine rings is 1. The minimum Gasteiger partial charge on any atom is -0.332 e. The van der Waals surface area contributed by atoms with Gasteiger partial charge in [-0.25, -0.2) is 9.97 Å². The zero-order valence-corrected chi connectivity index (χ0v) is 22.5. The zero-order chi connectivity index (χ0) is 23.8. The number of likely N-dealkylation sites (tertiary alicyclic amines) is 2. The smallest absolute Gasteiger partial charge is 0.225 e. The van der Waals surface area contributed by atoms with Gasteiger partial charge < -0.3 is 9.80 Å². The number of fused-ring (bicyclic) bond motifs is 2. The van der Waals surface area contributed by atoms with Crippen LogP contribution in [0.5, 0.6) is 0 Å². The Kier molecular flexibility index (Phi) is 7.10. The molecule has 35 heavy (non-hydrogen) atoms. The molecule has 2 atom stereocenters. The molecule has 2 aliphatic carbocycles. The number of anilines is 1. The van der Waals surface area contributed by atoms with E-state index >= 15 is 0 Å². The Balaban J connectivity index is 0.966. The minimum atomic E-state index is 0.614. The third-order valence-corrected chi connectivity index (χ3v) is 10.5. The van der Waals surface area contributed by atoms with E-state index in [1.165, 1.54) is 109 Å². The second-order valence-corrected chi connectivity index (χ2v) is 13.0. The van der Waals surface area contributed by atoms with Crippen LogP contribution in [0.2, 0.25) is 0 Å². The van der Waals surface area contributed by atoms with Crippen LogP contribution in [0.3, 0.4) is 0 Å². The molecule has 3 saturated heterocycles. The summed E-state index contributed by atoms with van der Waals surface area (Å²) in [5.41, 5.74) is 2.15. The topological polar surface area (TPSA) is 35.5 Å². The van der Waals surface area contributed by atoms with Gasteiger partial charge in [0, 0.05) is 43.6 Å². The van der Waals surface area contributed by atoms with Crippen molar-refractivity contribution >= 4 is 5.95 Å². The highest BCUT2D eigenvalue weighted by atomic mass is 15.4. The van der Waals surface area contributed by atoms with E-state index in [2.05, 4.69) is 40.9 Å². The first-order valence-corrected chi connectivity index (χ1v) is 15.2. The molecule has 6 rings (SSSR count). The van der Waals surface area contributed by atoms with E-state index in [4.69, 9.17) is 9.97 Å². The van der Waals surface area contributed by atoms with Crippen LogP contribution in [0, 0.1) is 11.3 Å². The summed E-state index contributed by atoms with van der Waals surface area (Å²) in [4.78, 5) is 17.9. The molecule has 2 unspecified atom stereocenters. The Morgan fingerprint density at radius 1 is 0.829 bits per heavy atom. The first kappa shape index (κ1) is 24.2. The molecule has 2 bridgehead atoms. The Bertz CT molecular complexity index is 804. The predicted octanol–water partition coefficient (Wildman–Crippen LogP) is 5.86. The Hall–Kier alpha value is -1.20. The summed E-state index contributed by atoms with van der Waals surface area (Å²) in [5.74, 6) is 2.70. The Morgan fingerprint density at radius 3 is 2.11 bits per heavy atom. The molecule has 4 heterocycles. The second-order valence-electron chi connectivity index (χ2n) is 13.0. The molecule has 5 fully saturated rings. The monoisotopic (exact) mass is 479 g/mol. The molecule has 194 valence electrons. The van der Waals surface area contributed by atoms with Gasteiger partial charge in [0.15, 0.2) is 0 Å². The molecule has 1 spiro atoms. The van der Waals surface area contributed by atoms with Gasteiger partial charge in [0.25, 0.3) is 0 Å². The van der Waals surface area contributed by atoms with E-state index in [-0.39, 0.29) is 0 Å². The molecule has 3 aliphatic heterocycles. The number of unbranched alkanes of at least 4 members (excludes halogenated alkanes) is 2. The second kappa shape index (κ2) is 10.3. The van der Waals surface area contributed by atoms with Crippen LogP contribution >= 0.6 is 0 Å². The lowest BCUT2D eigenvalue weighted by Gasteiger charge is -2.61. The van der Waals surface area contributed by atoms with E-state index in [0.717, 1.165) is 23.3 Å². The van der Waals surface area contributed by atoms with Crippen LogP contribution < -0.4 is 4.90 Å². The van der Waals surface area contributed by atoms with Crippen LogP contribution in [0.15, 0.2) is 12.4 Å². The standard InChI is InChI=1S/C30H49N5/c1-3-5-7-23-15-30(16-23)17-28(18-30)34-13-10-24(11-14-34)25-19-31-29(32-20-25)35-26-8-9-27(35)22-33(21-26)12-6-4-2/h19-20,23-24,26-28H,3-18,21-22H2,1-2H3. The molecular weight excluding hydrogens is 430 g/mol. The number of hydrogen-bond donors (Lipinski definition) is 0. The molecule has 1 aromatic rings. The van der Waals surface area contributed by atoms with Crippen molar-refractivity contribution in [3.8, 4) is 0 Å². The highest BCUT2D eigenvalue weighted by Gasteiger charge is 2.53. The number of hydrogen-bond acceptors (Lipinski definition) is 5. The third-order valence-electron chi connectivity index (χ3n) is 10.5. The van der Waals surface area contributed by atoms with Gasteiger partial charge in [-0.2, -0.15) is 0 Å². The first-order valence-electron chi connectivity index (χ1n) is 15.2. The van der Waals surface area contributed by atoms with Crippen LogP contribution in [0.25, 0.3) is 0 Å². The molecular formula is C30H49N5. The van der Waals surface area contributed by atoms with Crippen molar-refractivity contribution in [3.63, 3.8) is 0 Å². The fourth-order valence-electron chi connectivity index (χ4n) is 8.55. The van der Waals surface area contributed by atoms with Crippen molar-refractivity contribution in [1.82, 2.24) is 19.8 Å². The number of aromatic nitrogens is 2. The van der Waals surface area contributed by atoms with Crippen LogP contribution in [0.1, 0.15) is 109 Å². The van der Waals surface area contributed by atoms with Gasteiger partial charge >= 0.3 is 0 Å². The summed E-state index contributed by atoms with van der Waals surface area (Å²) in [7, 11) is 0. The largest absolute Gasteiger partial charge is 0.332 e. The van der Waals surface area contributed by atoms with Crippen LogP contribution in [-0.2, 0) is 0 Å². The summed E-state index contributed by atoms with van der Waals surface area (Å²) in [6.07, 6.45) is 22.5. The normalized spacial score (nSPS) is 35.9. The third kappa shape index (κ3) is 4.89. The number of rotatable bonds is 9. The molecule has 0 radical (unpaired) electrons. The highest BCUT2D eigenvalue weighted by molar-refractivity contribution is 5.38. The molecule has 0 aromatic carbocycles. The molecule has 1 aromatic heterocycles. The number of nitrogens with zero attached hydrogens (tertiary/aromatic N) is 5. The summed E-state index contributed by atoms with van der Waals surface area (Å²) < 4.78 is 0. The zero-order valence-electron chi connectivity index (χ0n) is 22.5. The minimum absolute atomic E-state index is 0.614. The van der Waals surface area contributed by atoms with Crippen molar-refractivity contribution in [2.24, 2.45) is 11.3 Å². The molecule has 0 amide bonds. The lowest BCUT2D eigenvalue weighted by molar-refractivity contribution is -0.0947. The van der Waals surface area contributed by atoms with E-state index in [1.54, 1.807) is 12.8 Å². The summed E-state index contributed by atoms with van der Waals surface area (Å²) in [6, 6.07) is 2.11. The van der Waals surface area contributed by atoms with Crippen molar-refractivity contribution in [3.05, 3.63) is 18.0 Å². The Morgan fingerprint density at radius 2 is 1.49 bits per heavy atom. The molecule has 5 nitrogen and oxygen atoms in total. The summed E-state index contributed by atoms with van der Waals surface area (Å²) in [6.45, 7) is 10.8. The number of piperidine rings is 1. The SMILES string of the molecule is CCCCC1CC2(C1)CC(N1CCC(c3cnc(N4C5CCC4CN(CCCC)C5)nc3)CC1)C2. The van der Waals surface area contributed by atoms with Gasteiger partial charge in [0.1, 0.15) is 0 Å². The van der Waals surface area contributed by atoms with Crippen molar-refractivity contribution in [2.45, 2.75) is 121 Å². The van der Waals surface area contributed by atoms with E-state index in [0.29, 0.717) is 18.0 Å². The molecule has 0 N–H and O–H groups in total. The molecule has 5 aliphatic rings. The molecule has 2 saturated carbocycles. The van der Waals surface area contributed by atoms with Crippen molar-refractivity contribution in [1.29, 1.82) is 0 Å². The highest BCUT2D eigenvalue weighted by Crippen LogP contribution is 2.61. The maximum Gasteiger partial charge on any atom is 0.225 e. The average molecular weight is 480 g/mol. The van der Waals surface area contributed by atoms with Gasteiger partial charge in [-0.1, -0.05) is 39.5 Å². The molecule has 5 heteroatoms. The predicted molar refractivity (Wildman–Crippen MR) is 144 cm³/mol. The Labute approximate surface area is 214 Å². The van der Waals surface area contributed by atoms with Gasteiger partial charge in [-0.15, -0.1) is 0 Å². The van der Waals surface area contributed by atoms with Gasteiger partial charge in [0.05, 0.1) is 0 Å². The lowest BCUT2D eigenvalue weighted by atomic mass is 9.49. The van der Waals surface area contributed by atoms with E-state index in [9.17, 15) is 0 Å². The fourth-order valence-corrected chi connectivity index (χ4v) is 8.55. The van der Waals surface area contributed by atoms with Gasteiger partial charge in [0.2, 0.25) is 5.95 Å². The van der Waals surface area contributed by atoms with E-state index in [1.807, 2.05) is 0 Å². The van der Waals surface area contributed by atoms with Crippen molar-refractivity contribution in [2.75, 3.05) is 37.6 Å². The summed E-state index contributed by atoms with van der Waals surface area (Å²) in [5, 5.41) is 0. The van der Waals surface area contributed by atoms with Gasteiger partial charge in [-0.05, 0) is 100 Å². The maximum atomic E-state index is 4.94. The fraction of sp³-hybridized carbons (Fsp3) is 0.867. The van der Waals surface area contributed by atoms with Crippen LogP contribution in [0.4, 0.5) is 5.95 Å². The van der Waals surface area contributed by atoms with Crippen LogP contribution in [-0.4, -0.2) is 70.6 Å². The van der Waals surface area contributed by atoms with E-state index < -0.39 is 0 Å². The quantitative estimate of drug-likeness (QED) is 0.443. The lowest BCUT2D eigenvalue weighted by Crippen LogP contribution is -2.57. The average Bonchev–Trinajstić information content (AvgIpc) is 3.11. The summed E-state index contributed by atoms with van der Waals surface area (Å²) >= 11 is 0. The van der Waals surface area contributed by atoms with Gasteiger partial charge in [-0.3, -0.25) is 4.90 Å². The maximum absolute atomic E-state index is 4.94. The first-order chi connectivity index (χ1) is 17.2.